The van der Waals surface area contributed by atoms with E-state index in [1.807, 2.05) is 81.1 Å². The molecule has 3 atom stereocenters. The Morgan fingerprint density at radius 1 is 0.977 bits per heavy atom. The summed E-state index contributed by atoms with van der Waals surface area (Å²) in [4.78, 5) is 28.0. The molecule has 0 N–H and O–H groups in total. The number of amides is 1. The average Bonchev–Trinajstić information content (AvgIpc) is 2.99. The summed E-state index contributed by atoms with van der Waals surface area (Å²) in [7, 11) is 1.41. The number of aryl methyl sites for hydroxylation is 1. The molecule has 5 rings (SSSR count). The van der Waals surface area contributed by atoms with Crippen molar-refractivity contribution in [2.45, 2.75) is 71.1 Å². The number of benzene rings is 4. The summed E-state index contributed by atoms with van der Waals surface area (Å²) in [6, 6.07) is 28.3. The second-order valence-electron chi connectivity index (χ2n) is 12.3. The van der Waals surface area contributed by atoms with Gasteiger partial charge in [0.05, 0.1) is 18.7 Å². The van der Waals surface area contributed by atoms with E-state index in [-0.39, 0.29) is 30.1 Å². The van der Waals surface area contributed by atoms with Crippen molar-refractivity contribution in [1.29, 1.82) is 0 Å². The van der Waals surface area contributed by atoms with Crippen LogP contribution in [0.3, 0.4) is 0 Å². The Morgan fingerprint density at radius 3 is 2.47 bits per heavy atom. The summed E-state index contributed by atoms with van der Waals surface area (Å²) < 4.78 is 17.5. The van der Waals surface area contributed by atoms with E-state index in [4.69, 9.17) is 14.2 Å². The van der Waals surface area contributed by atoms with Gasteiger partial charge < -0.3 is 19.1 Å². The first-order valence-electron chi connectivity index (χ1n) is 15.0. The number of hydrogen-bond donors (Lipinski definition) is 0. The van der Waals surface area contributed by atoms with Crippen LogP contribution in [0.4, 0.5) is 4.79 Å². The summed E-state index contributed by atoms with van der Waals surface area (Å²) >= 11 is 0. The Hall–Kier alpha value is -4.32. The minimum absolute atomic E-state index is 0.0319. The summed E-state index contributed by atoms with van der Waals surface area (Å²) in [6.07, 6.45) is 0.842. The molecule has 0 radical (unpaired) electrons. The van der Waals surface area contributed by atoms with Crippen LogP contribution in [-0.4, -0.2) is 42.3 Å². The van der Waals surface area contributed by atoms with Crippen LogP contribution in [-0.2, 0) is 9.47 Å². The Labute approximate surface area is 254 Å². The summed E-state index contributed by atoms with van der Waals surface area (Å²) in [5, 5.41) is 2.25. The zero-order valence-electron chi connectivity index (χ0n) is 25.9. The zero-order valence-corrected chi connectivity index (χ0v) is 25.9. The monoisotopic (exact) mass is 579 g/mol. The van der Waals surface area contributed by atoms with Gasteiger partial charge in [0.2, 0.25) is 0 Å². The number of esters is 1. The fourth-order valence-electron chi connectivity index (χ4n) is 6.00. The topological polar surface area (TPSA) is 65.1 Å². The van der Waals surface area contributed by atoms with Gasteiger partial charge in [-0.15, -0.1) is 0 Å². The minimum Gasteiger partial charge on any atom is -0.490 e. The van der Waals surface area contributed by atoms with E-state index in [2.05, 4.69) is 43.3 Å². The minimum atomic E-state index is -0.623. The number of nitrogens with zero attached hydrogens (tertiary/aromatic N) is 1. The van der Waals surface area contributed by atoms with Crippen molar-refractivity contribution in [2.24, 2.45) is 0 Å². The molecule has 0 bridgehead atoms. The molecule has 0 aromatic heterocycles. The molecule has 0 spiro atoms. The maximum Gasteiger partial charge on any atom is 0.410 e. The van der Waals surface area contributed by atoms with E-state index in [0.717, 1.165) is 38.8 Å². The van der Waals surface area contributed by atoms with Crippen LogP contribution in [0.25, 0.3) is 10.8 Å². The van der Waals surface area contributed by atoms with Gasteiger partial charge in [0.15, 0.2) is 0 Å². The first-order chi connectivity index (χ1) is 20.6. The molecule has 0 aliphatic carbocycles. The van der Waals surface area contributed by atoms with Gasteiger partial charge in [-0.25, -0.2) is 9.59 Å². The lowest BCUT2D eigenvalue weighted by atomic mass is 9.82. The molecule has 1 unspecified atom stereocenters. The zero-order chi connectivity index (χ0) is 30.7. The number of fused-ring (bicyclic) bond motifs is 2. The van der Waals surface area contributed by atoms with Crippen molar-refractivity contribution in [3.05, 3.63) is 113 Å². The van der Waals surface area contributed by atoms with Gasteiger partial charge in [-0.3, -0.25) is 0 Å². The fraction of sp³-hybridized carbons (Fsp3) is 0.351. The lowest BCUT2D eigenvalue weighted by molar-refractivity contribution is 0.0141. The SMILES string of the molecule is COC(=O)c1cc(C2C[C@H](CCN(C(=O)OC(C)(C)C)[C@H](C)c3cccc4ccccc34)Oc3ccccc32)ccc1C. The van der Waals surface area contributed by atoms with Gasteiger partial charge in [0.1, 0.15) is 17.5 Å². The van der Waals surface area contributed by atoms with Gasteiger partial charge in [-0.2, -0.15) is 0 Å². The number of carbonyl (C=O) groups is 2. The largest absolute Gasteiger partial charge is 0.490 e. The van der Waals surface area contributed by atoms with E-state index in [9.17, 15) is 9.59 Å². The molecule has 0 saturated carbocycles. The molecule has 4 aromatic carbocycles. The van der Waals surface area contributed by atoms with Gasteiger partial charge in [-0.1, -0.05) is 72.8 Å². The van der Waals surface area contributed by atoms with Crippen molar-refractivity contribution in [2.75, 3.05) is 13.7 Å². The first-order valence-corrected chi connectivity index (χ1v) is 15.0. The molecule has 6 nitrogen and oxygen atoms in total. The third-order valence-electron chi connectivity index (χ3n) is 8.22. The summed E-state index contributed by atoms with van der Waals surface area (Å²) in [5.41, 5.74) is 4.03. The predicted octanol–water partition coefficient (Wildman–Crippen LogP) is 8.61. The second-order valence-corrected chi connectivity index (χ2v) is 12.3. The molecule has 1 aliphatic heterocycles. The normalized spacial score (nSPS) is 17.0. The number of para-hydroxylation sites is 1. The summed E-state index contributed by atoms with van der Waals surface area (Å²) in [6.45, 7) is 10.1. The van der Waals surface area contributed by atoms with Gasteiger partial charge >= 0.3 is 12.1 Å². The molecular weight excluding hydrogens is 538 g/mol. The van der Waals surface area contributed by atoms with E-state index in [1.165, 1.54) is 7.11 Å². The number of methoxy groups -OCH3 is 1. The predicted molar refractivity (Wildman–Crippen MR) is 170 cm³/mol. The molecule has 0 fully saturated rings. The summed E-state index contributed by atoms with van der Waals surface area (Å²) in [5.74, 6) is 0.519. The Kier molecular flexibility index (Phi) is 8.77. The number of carbonyl (C=O) groups excluding carboxylic acids is 2. The lowest BCUT2D eigenvalue weighted by Crippen LogP contribution is -2.41. The highest BCUT2D eigenvalue weighted by molar-refractivity contribution is 5.91. The number of hydrogen-bond acceptors (Lipinski definition) is 5. The van der Waals surface area contributed by atoms with Crippen LogP contribution in [0.2, 0.25) is 0 Å². The molecule has 6 heteroatoms. The third kappa shape index (κ3) is 6.69. The van der Waals surface area contributed by atoms with Gasteiger partial charge in [0, 0.05) is 24.4 Å². The van der Waals surface area contributed by atoms with Crippen molar-refractivity contribution in [3.63, 3.8) is 0 Å². The van der Waals surface area contributed by atoms with Crippen molar-refractivity contribution < 1.29 is 23.8 Å². The van der Waals surface area contributed by atoms with E-state index in [0.29, 0.717) is 24.9 Å². The average molecular weight is 580 g/mol. The van der Waals surface area contributed by atoms with E-state index >= 15 is 0 Å². The Morgan fingerprint density at radius 2 is 1.70 bits per heavy atom. The molecule has 1 amide bonds. The Bertz CT molecular complexity index is 1620. The van der Waals surface area contributed by atoms with Crippen molar-refractivity contribution in [3.8, 4) is 5.75 Å². The van der Waals surface area contributed by atoms with Crippen LogP contribution in [0.1, 0.15) is 85.1 Å². The van der Waals surface area contributed by atoms with Crippen molar-refractivity contribution in [1.82, 2.24) is 4.90 Å². The number of ether oxygens (including phenoxy) is 3. The molecular formula is C37H41NO5. The highest BCUT2D eigenvalue weighted by Crippen LogP contribution is 2.42. The van der Waals surface area contributed by atoms with Crippen molar-refractivity contribution >= 4 is 22.8 Å². The fourth-order valence-corrected chi connectivity index (χ4v) is 6.00. The van der Waals surface area contributed by atoms with Gasteiger partial charge in [0.25, 0.3) is 0 Å². The lowest BCUT2D eigenvalue weighted by Gasteiger charge is -2.36. The second kappa shape index (κ2) is 12.5. The highest BCUT2D eigenvalue weighted by Gasteiger charge is 2.33. The molecule has 4 aromatic rings. The molecule has 224 valence electrons. The van der Waals surface area contributed by atoms with E-state index < -0.39 is 5.60 Å². The Balaban J connectivity index is 1.43. The number of rotatable bonds is 7. The van der Waals surface area contributed by atoms with Gasteiger partial charge in [-0.05, 0) is 80.6 Å². The van der Waals surface area contributed by atoms with Crippen LogP contribution >= 0.6 is 0 Å². The van der Waals surface area contributed by atoms with Crippen LogP contribution < -0.4 is 4.74 Å². The highest BCUT2D eigenvalue weighted by atomic mass is 16.6. The standard InChI is InChI=1S/C37H41NO5/c1-24-18-19-27(22-32(24)35(39)41-6)33-23-28(42-34-17-10-9-15-31(33)34)20-21-38(36(40)43-37(3,4)5)25(2)29-16-11-13-26-12-7-8-14-30(26)29/h7-19,22,25,28,33H,20-21,23H2,1-6H3/t25-,28+,33?/m1/s1. The smallest absolute Gasteiger partial charge is 0.410 e. The maximum atomic E-state index is 13.6. The molecule has 1 heterocycles. The van der Waals surface area contributed by atoms with E-state index in [1.54, 1.807) is 0 Å². The first kappa shape index (κ1) is 30.1. The van der Waals surface area contributed by atoms with Crippen LogP contribution in [0.5, 0.6) is 5.75 Å². The van der Waals surface area contributed by atoms with Crippen LogP contribution in [0.15, 0.2) is 84.9 Å². The maximum absolute atomic E-state index is 13.6. The molecule has 43 heavy (non-hydrogen) atoms. The molecule has 0 saturated heterocycles. The quantitative estimate of drug-likeness (QED) is 0.205. The third-order valence-corrected chi connectivity index (χ3v) is 8.22. The van der Waals surface area contributed by atoms with Crippen LogP contribution in [0, 0.1) is 6.92 Å². The molecule has 1 aliphatic rings.